The van der Waals surface area contributed by atoms with E-state index in [9.17, 15) is 4.39 Å². The van der Waals surface area contributed by atoms with Crippen molar-refractivity contribution in [2.75, 3.05) is 6.54 Å². The van der Waals surface area contributed by atoms with Crippen LogP contribution in [0.5, 0.6) is 0 Å². The van der Waals surface area contributed by atoms with Gasteiger partial charge in [-0.3, -0.25) is 0 Å². The van der Waals surface area contributed by atoms with Crippen molar-refractivity contribution in [2.24, 2.45) is 0 Å². The number of halogens is 1. The van der Waals surface area contributed by atoms with Crippen LogP contribution in [0.15, 0.2) is 0 Å². The van der Waals surface area contributed by atoms with E-state index in [1.54, 1.807) is 0 Å². The first kappa shape index (κ1) is 6.02. The Morgan fingerprint density at radius 1 is 1.62 bits per heavy atom. The molecule has 1 aliphatic rings. The van der Waals surface area contributed by atoms with Gasteiger partial charge in [0.2, 0.25) is 0 Å². The minimum absolute atomic E-state index is 0.481. The molecule has 48 valence electrons. The molecule has 0 bridgehead atoms. The third-order valence-corrected chi connectivity index (χ3v) is 1.57. The zero-order valence-corrected chi connectivity index (χ0v) is 5.15. The minimum Gasteiger partial charge on any atom is -0.314 e. The summed E-state index contributed by atoms with van der Waals surface area (Å²) in [5.41, 5.74) is 0. The third kappa shape index (κ3) is 1.19. The van der Waals surface area contributed by atoms with Crippen molar-refractivity contribution in [3.05, 3.63) is 0 Å². The van der Waals surface area contributed by atoms with Crippen LogP contribution >= 0.6 is 0 Å². The van der Waals surface area contributed by atoms with Crippen molar-refractivity contribution in [1.82, 2.24) is 5.32 Å². The maximum Gasteiger partial charge on any atom is 0.103 e. The lowest BCUT2D eigenvalue weighted by Crippen LogP contribution is -2.41. The summed E-state index contributed by atoms with van der Waals surface area (Å²) in [7, 11) is 0. The highest BCUT2D eigenvalue weighted by molar-refractivity contribution is 4.84. The molecule has 0 aromatic rings. The second kappa shape index (κ2) is 2.44. The summed E-state index contributed by atoms with van der Waals surface area (Å²) >= 11 is 0. The van der Waals surface area contributed by atoms with Gasteiger partial charge < -0.3 is 5.32 Å². The molecular weight excluding hydrogens is 105 g/mol. The van der Waals surface area contributed by atoms with Gasteiger partial charge in [0.1, 0.15) is 6.17 Å². The topological polar surface area (TPSA) is 12.0 Å². The Balaban J connectivity index is 1.98. The lowest BCUT2D eigenvalue weighted by Gasteiger charge is -2.29. The van der Waals surface area contributed by atoms with Crippen LogP contribution in [0.25, 0.3) is 0 Å². The van der Waals surface area contributed by atoms with Gasteiger partial charge in [-0.1, -0.05) is 6.92 Å². The molecule has 0 aliphatic heterocycles. The molecular formula is C6H12FN. The number of hydrogen-bond donors (Lipinski definition) is 1. The molecule has 0 atom stereocenters. The summed E-state index contributed by atoms with van der Waals surface area (Å²) in [6.07, 6.45) is 0.945. The van der Waals surface area contributed by atoms with Crippen molar-refractivity contribution >= 4 is 0 Å². The second-order valence-electron chi connectivity index (χ2n) is 2.32. The van der Waals surface area contributed by atoms with Gasteiger partial charge in [0.05, 0.1) is 0 Å². The second-order valence-corrected chi connectivity index (χ2v) is 2.32. The van der Waals surface area contributed by atoms with Crippen molar-refractivity contribution in [2.45, 2.75) is 32.0 Å². The Labute approximate surface area is 49.3 Å². The SMILES string of the molecule is CCNC1CC(F)C1. The largest absolute Gasteiger partial charge is 0.314 e. The Kier molecular flexibility index (Phi) is 1.84. The molecule has 0 aromatic carbocycles. The molecule has 0 aromatic heterocycles. The van der Waals surface area contributed by atoms with E-state index >= 15 is 0 Å². The summed E-state index contributed by atoms with van der Waals surface area (Å²) < 4.78 is 12.1. The van der Waals surface area contributed by atoms with Gasteiger partial charge in [-0.2, -0.15) is 0 Å². The first-order valence-electron chi connectivity index (χ1n) is 3.20. The van der Waals surface area contributed by atoms with Crippen LogP contribution in [-0.2, 0) is 0 Å². The summed E-state index contributed by atoms with van der Waals surface area (Å²) in [5, 5.41) is 3.17. The summed E-state index contributed by atoms with van der Waals surface area (Å²) in [5.74, 6) is 0. The predicted molar refractivity (Wildman–Crippen MR) is 31.6 cm³/mol. The lowest BCUT2D eigenvalue weighted by atomic mass is 9.91. The summed E-state index contributed by atoms with van der Waals surface area (Å²) in [6, 6.07) is 0.481. The van der Waals surface area contributed by atoms with Crippen LogP contribution in [0.4, 0.5) is 4.39 Å². The average Bonchev–Trinajstić information content (AvgIpc) is 1.64. The highest BCUT2D eigenvalue weighted by atomic mass is 19.1. The van der Waals surface area contributed by atoms with Crippen LogP contribution in [0.2, 0.25) is 0 Å². The highest BCUT2D eigenvalue weighted by Gasteiger charge is 2.27. The van der Waals surface area contributed by atoms with E-state index in [-0.39, 0.29) is 0 Å². The number of alkyl halides is 1. The van der Waals surface area contributed by atoms with E-state index in [4.69, 9.17) is 0 Å². The monoisotopic (exact) mass is 117 g/mol. The Bertz CT molecular complexity index is 66.2. The zero-order valence-electron chi connectivity index (χ0n) is 5.15. The predicted octanol–water partition coefficient (Wildman–Crippen LogP) is 1.10. The molecule has 0 unspecified atom stereocenters. The Morgan fingerprint density at radius 2 is 2.25 bits per heavy atom. The van der Waals surface area contributed by atoms with E-state index in [0.29, 0.717) is 6.04 Å². The van der Waals surface area contributed by atoms with E-state index in [0.717, 1.165) is 19.4 Å². The standard InChI is InChI=1S/C6H12FN/c1-2-8-6-3-5(7)4-6/h5-6,8H,2-4H2,1H3. The first-order valence-corrected chi connectivity index (χ1v) is 3.20. The zero-order chi connectivity index (χ0) is 5.98. The van der Waals surface area contributed by atoms with Gasteiger partial charge in [-0.25, -0.2) is 4.39 Å². The van der Waals surface area contributed by atoms with Crippen molar-refractivity contribution < 1.29 is 4.39 Å². The molecule has 1 fully saturated rings. The summed E-state index contributed by atoms with van der Waals surface area (Å²) in [4.78, 5) is 0. The number of rotatable bonds is 2. The molecule has 0 spiro atoms. The van der Waals surface area contributed by atoms with E-state index in [2.05, 4.69) is 5.32 Å². The van der Waals surface area contributed by atoms with Crippen LogP contribution in [0.3, 0.4) is 0 Å². The number of hydrogen-bond acceptors (Lipinski definition) is 1. The molecule has 0 amide bonds. The lowest BCUT2D eigenvalue weighted by molar-refractivity contribution is 0.157. The molecule has 1 aliphatic carbocycles. The van der Waals surface area contributed by atoms with Crippen LogP contribution < -0.4 is 5.32 Å². The molecule has 1 rings (SSSR count). The average molecular weight is 117 g/mol. The van der Waals surface area contributed by atoms with Crippen molar-refractivity contribution in [3.8, 4) is 0 Å². The Morgan fingerprint density at radius 3 is 2.62 bits per heavy atom. The van der Waals surface area contributed by atoms with Gasteiger partial charge in [-0.05, 0) is 19.4 Å². The maximum absolute atomic E-state index is 12.1. The maximum atomic E-state index is 12.1. The number of nitrogens with one attached hydrogen (secondary N) is 1. The summed E-state index contributed by atoms with van der Waals surface area (Å²) in [6.45, 7) is 3.02. The van der Waals surface area contributed by atoms with Gasteiger partial charge in [0.15, 0.2) is 0 Å². The molecule has 8 heavy (non-hydrogen) atoms. The van der Waals surface area contributed by atoms with Crippen molar-refractivity contribution in [1.29, 1.82) is 0 Å². The van der Waals surface area contributed by atoms with E-state index < -0.39 is 6.17 Å². The van der Waals surface area contributed by atoms with Crippen LogP contribution in [0.1, 0.15) is 19.8 Å². The van der Waals surface area contributed by atoms with E-state index in [1.807, 2.05) is 6.92 Å². The molecule has 1 nitrogen and oxygen atoms in total. The van der Waals surface area contributed by atoms with Crippen LogP contribution in [0, 0.1) is 0 Å². The van der Waals surface area contributed by atoms with Gasteiger partial charge in [-0.15, -0.1) is 0 Å². The molecule has 1 saturated carbocycles. The fraction of sp³-hybridized carbons (Fsp3) is 1.00. The van der Waals surface area contributed by atoms with Gasteiger partial charge >= 0.3 is 0 Å². The minimum atomic E-state index is -0.515. The molecule has 2 heteroatoms. The Hall–Kier alpha value is -0.110. The van der Waals surface area contributed by atoms with E-state index in [1.165, 1.54) is 0 Å². The van der Waals surface area contributed by atoms with Crippen LogP contribution in [-0.4, -0.2) is 18.8 Å². The first-order chi connectivity index (χ1) is 3.83. The molecule has 1 N–H and O–H groups in total. The molecule has 0 radical (unpaired) electrons. The smallest absolute Gasteiger partial charge is 0.103 e. The fourth-order valence-electron chi connectivity index (χ4n) is 1.00. The normalized spacial score (nSPS) is 36.8. The van der Waals surface area contributed by atoms with Gasteiger partial charge in [0, 0.05) is 6.04 Å². The third-order valence-electron chi connectivity index (χ3n) is 1.57. The quantitative estimate of drug-likeness (QED) is 0.571. The van der Waals surface area contributed by atoms with Crippen molar-refractivity contribution in [3.63, 3.8) is 0 Å². The molecule has 0 heterocycles. The fourth-order valence-corrected chi connectivity index (χ4v) is 1.00. The van der Waals surface area contributed by atoms with Gasteiger partial charge in [0.25, 0.3) is 0 Å². The molecule has 0 saturated heterocycles. The highest BCUT2D eigenvalue weighted by Crippen LogP contribution is 2.22.